The van der Waals surface area contributed by atoms with Crippen molar-refractivity contribution in [3.05, 3.63) is 47.5 Å². The van der Waals surface area contributed by atoms with Gasteiger partial charge < -0.3 is 0 Å². The molecular weight excluding hydrogens is 258 g/mol. The van der Waals surface area contributed by atoms with Crippen LogP contribution in [-0.4, -0.2) is 20.6 Å². The van der Waals surface area contributed by atoms with Gasteiger partial charge in [0.25, 0.3) is 0 Å². The molecule has 4 heteroatoms. The monoisotopic (exact) mass is 277 g/mol. The van der Waals surface area contributed by atoms with Crippen molar-refractivity contribution in [1.82, 2.24) is 14.8 Å². The number of aryl methyl sites for hydroxylation is 2. The Balaban J connectivity index is 2.07. The lowest BCUT2D eigenvalue weighted by Gasteiger charge is -2.15. The first-order chi connectivity index (χ1) is 9.24. The Morgan fingerprint density at radius 3 is 2.74 bits per heavy atom. The van der Waals surface area contributed by atoms with Gasteiger partial charge in [0.15, 0.2) is 0 Å². The quantitative estimate of drug-likeness (QED) is 0.759. The van der Waals surface area contributed by atoms with Crippen molar-refractivity contribution in [1.29, 1.82) is 0 Å². The maximum absolute atomic E-state index is 6.12. The molecule has 2 aromatic rings. The second-order valence-electron chi connectivity index (χ2n) is 4.85. The van der Waals surface area contributed by atoms with Gasteiger partial charge in [0, 0.05) is 18.8 Å². The summed E-state index contributed by atoms with van der Waals surface area (Å²) in [5.41, 5.74) is 2.70. The van der Waals surface area contributed by atoms with Crippen LogP contribution in [0.3, 0.4) is 0 Å². The lowest BCUT2D eigenvalue weighted by molar-refractivity contribution is 0.523. The molecular formula is C15H20ClN3. The summed E-state index contributed by atoms with van der Waals surface area (Å²) in [6, 6.07) is 8.49. The average molecular weight is 278 g/mol. The van der Waals surface area contributed by atoms with Gasteiger partial charge >= 0.3 is 0 Å². The van der Waals surface area contributed by atoms with E-state index in [1.54, 1.807) is 6.33 Å². The van der Waals surface area contributed by atoms with E-state index in [4.69, 9.17) is 11.6 Å². The van der Waals surface area contributed by atoms with Crippen molar-refractivity contribution in [3.63, 3.8) is 0 Å². The number of hydrogen-bond donors (Lipinski definition) is 0. The fraction of sp³-hybridized carbons (Fsp3) is 0.467. The Morgan fingerprint density at radius 2 is 2.05 bits per heavy atom. The number of benzene rings is 1. The number of nitrogens with zero attached hydrogens (tertiary/aromatic N) is 3. The van der Waals surface area contributed by atoms with Gasteiger partial charge in [0.1, 0.15) is 12.2 Å². The maximum Gasteiger partial charge on any atom is 0.138 e. The molecule has 0 aliphatic heterocycles. The Kier molecular flexibility index (Phi) is 4.97. The van der Waals surface area contributed by atoms with Gasteiger partial charge in [-0.25, -0.2) is 4.98 Å². The normalized spacial score (nSPS) is 12.6. The molecule has 102 valence electrons. The van der Waals surface area contributed by atoms with E-state index in [1.807, 2.05) is 4.68 Å². The van der Waals surface area contributed by atoms with E-state index in [0.717, 1.165) is 25.2 Å². The Hall–Kier alpha value is -1.35. The first-order valence-corrected chi connectivity index (χ1v) is 7.25. The topological polar surface area (TPSA) is 30.7 Å². The van der Waals surface area contributed by atoms with Crippen LogP contribution >= 0.6 is 11.6 Å². The number of hydrogen-bond acceptors (Lipinski definition) is 2. The van der Waals surface area contributed by atoms with Gasteiger partial charge in [-0.05, 0) is 37.3 Å². The van der Waals surface area contributed by atoms with Crippen molar-refractivity contribution in [2.24, 2.45) is 5.92 Å². The summed E-state index contributed by atoms with van der Waals surface area (Å²) in [7, 11) is 0. The van der Waals surface area contributed by atoms with Crippen molar-refractivity contribution in [3.8, 4) is 0 Å². The highest BCUT2D eigenvalue weighted by Crippen LogP contribution is 2.17. The van der Waals surface area contributed by atoms with E-state index in [2.05, 4.69) is 48.2 Å². The lowest BCUT2D eigenvalue weighted by Crippen LogP contribution is -2.15. The standard InChI is InChI=1S/C15H20ClN3/c1-3-19-15(17-11-18-19)9-13(10-16)8-14-7-5-4-6-12(14)2/h4-7,11,13H,3,8-10H2,1-2H3. The third-order valence-corrected chi connectivity index (χ3v) is 3.89. The Morgan fingerprint density at radius 1 is 1.26 bits per heavy atom. The molecule has 1 unspecified atom stereocenters. The van der Waals surface area contributed by atoms with Crippen LogP contribution in [-0.2, 0) is 19.4 Å². The van der Waals surface area contributed by atoms with E-state index >= 15 is 0 Å². The summed E-state index contributed by atoms with van der Waals surface area (Å²) in [4.78, 5) is 4.33. The van der Waals surface area contributed by atoms with Crippen LogP contribution in [0.1, 0.15) is 23.9 Å². The predicted octanol–water partition coefficient (Wildman–Crippen LogP) is 3.25. The van der Waals surface area contributed by atoms with Crippen molar-refractivity contribution >= 4 is 11.6 Å². The van der Waals surface area contributed by atoms with Crippen LogP contribution < -0.4 is 0 Å². The molecule has 0 aliphatic rings. The first kappa shape index (κ1) is 14.1. The zero-order valence-corrected chi connectivity index (χ0v) is 12.3. The number of aromatic nitrogens is 3. The molecule has 1 aromatic carbocycles. The maximum atomic E-state index is 6.12. The van der Waals surface area contributed by atoms with Crippen LogP contribution in [0, 0.1) is 12.8 Å². The highest BCUT2D eigenvalue weighted by atomic mass is 35.5. The third kappa shape index (κ3) is 3.57. The molecule has 0 saturated carbocycles. The highest BCUT2D eigenvalue weighted by molar-refractivity contribution is 6.18. The number of rotatable bonds is 6. The molecule has 0 spiro atoms. The average Bonchev–Trinajstić information content (AvgIpc) is 2.87. The fourth-order valence-corrected chi connectivity index (χ4v) is 2.52. The molecule has 0 radical (unpaired) electrons. The van der Waals surface area contributed by atoms with Crippen molar-refractivity contribution < 1.29 is 0 Å². The Labute approximate surface area is 119 Å². The molecule has 2 rings (SSSR count). The summed E-state index contributed by atoms with van der Waals surface area (Å²) in [6.07, 6.45) is 3.50. The molecule has 1 aromatic heterocycles. The Bertz CT molecular complexity index is 522. The minimum Gasteiger partial charge on any atom is -0.250 e. The third-order valence-electron chi connectivity index (χ3n) is 3.45. The zero-order valence-electron chi connectivity index (χ0n) is 11.5. The molecule has 0 saturated heterocycles. The molecule has 0 fully saturated rings. The van der Waals surface area contributed by atoms with Crippen LogP contribution in [0.15, 0.2) is 30.6 Å². The molecule has 0 amide bonds. The van der Waals surface area contributed by atoms with E-state index in [0.29, 0.717) is 11.8 Å². The van der Waals surface area contributed by atoms with Gasteiger partial charge in [0.2, 0.25) is 0 Å². The molecule has 1 atom stereocenters. The molecule has 0 bridgehead atoms. The lowest BCUT2D eigenvalue weighted by atomic mass is 9.95. The minimum absolute atomic E-state index is 0.400. The van der Waals surface area contributed by atoms with Crippen LogP contribution in [0.2, 0.25) is 0 Å². The summed E-state index contributed by atoms with van der Waals surface area (Å²) in [5, 5.41) is 4.21. The largest absolute Gasteiger partial charge is 0.250 e. The number of halogens is 1. The van der Waals surface area contributed by atoms with Crippen LogP contribution in [0.4, 0.5) is 0 Å². The SMILES string of the molecule is CCn1ncnc1CC(CCl)Cc1ccccc1C. The van der Waals surface area contributed by atoms with Gasteiger partial charge in [-0.2, -0.15) is 5.10 Å². The van der Waals surface area contributed by atoms with E-state index < -0.39 is 0 Å². The molecule has 1 heterocycles. The van der Waals surface area contributed by atoms with Gasteiger partial charge in [-0.15, -0.1) is 11.6 Å². The summed E-state index contributed by atoms with van der Waals surface area (Å²) >= 11 is 6.12. The predicted molar refractivity (Wildman–Crippen MR) is 78.5 cm³/mol. The van der Waals surface area contributed by atoms with Crippen LogP contribution in [0.5, 0.6) is 0 Å². The summed E-state index contributed by atoms with van der Waals surface area (Å²) in [6.45, 7) is 5.08. The van der Waals surface area contributed by atoms with Gasteiger partial charge in [0.05, 0.1) is 0 Å². The van der Waals surface area contributed by atoms with Crippen LogP contribution in [0.25, 0.3) is 0 Å². The number of alkyl halides is 1. The van der Waals surface area contributed by atoms with Gasteiger partial charge in [-0.1, -0.05) is 24.3 Å². The van der Waals surface area contributed by atoms with E-state index in [9.17, 15) is 0 Å². The zero-order chi connectivity index (χ0) is 13.7. The second kappa shape index (κ2) is 6.71. The smallest absolute Gasteiger partial charge is 0.138 e. The minimum atomic E-state index is 0.400. The van der Waals surface area contributed by atoms with Gasteiger partial charge in [-0.3, -0.25) is 4.68 Å². The van der Waals surface area contributed by atoms with Crippen molar-refractivity contribution in [2.75, 3.05) is 5.88 Å². The molecule has 19 heavy (non-hydrogen) atoms. The highest BCUT2D eigenvalue weighted by Gasteiger charge is 2.14. The molecule has 3 nitrogen and oxygen atoms in total. The summed E-state index contributed by atoms with van der Waals surface area (Å²) < 4.78 is 1.94. The first-order valence-electron chi connectivity index (χ1n) is 6.71. The molecule has 0 aliphatic carbocycles. The second-order valence-corrected chi connectivity index (χ2v) is 5.16. The summed E-state index contributed by atoms with van der Waals surface area (Å²) in [5.74, 6) is 2.07. The van der Waals surface area contributed by atoms with E-state index in [1.165, 1.54) is 11.1 Å². The van der Waals surface area contributed by atoms with Crippen molar-refractivity contribution in [2.45, 2.75) is 33.2 Å². The fourth-order valence-electron chi connectivity index (χ4n) is 2.30. The van der Waals surface area contributed by atoms with E-state index in [-0.39, 0.29) is 0 Å². The molecule has 0 N–H and O–H groups in total.